The minimum absolute atomic E-state index is 0.0244. The van der Waals surface area contributed by atoms with E-state index >= 15 is 0 Å². The Hall–Kier alpha value is -3.49. The fourth-order valence-corrected chi connectivity index (χ4v) is 2.27. The van der Waals surface area contributed by atoms with Gasteiger partial charge in [0.05, 0.1) is 5.69 Å². The average Bonchev–Trinajstić information content (AvgIpc) is 2.66. The van der Waals surface area contributed by atoms with E-state index in [0.29, 0.717) is 6.07 Å². The summed E-state index contributed by atoms with van der Waals surface area (Å²) in [6.45, 7) is -0.0244. The Kier molecular flexibility index (Phi) is 7.44. The molecule has 2 rings (SSSR count). The van der Waals surface area contributed by atoms with E-state index in [2.05, 4.69) is 10.6 Å². The van der Waals surface area contributed by atoms with Gasteiger partial charge >= 0.3 is 6.09 Å². The maximum absolute atomic E-state index is 13.7. The number of nitrogens with two attached hydrogens (primary N) is 1. The van der Waals surface area contributed by atoms with Gasteiger partial charge in [0, 0.05) is 12.5 Å². The van der Waals surface area contributed by atoms with Gasteiger partial charge in [0.2, 0.25) is 11.8 Å². The summed E-state index contributed by atoms with van der Waals surface area (Å²) in [7, 11) is 0. The van der Waals surface area contributed by atoms with Crippen molar-refractivity contribution in [1.82, 2.24) is 5.32 Å². The number of hydrogen-bond acceptors (Lipinski definition) is 4. The first-order valence-corrected chi connectivity index (χ1v) is 8.36. The summed E-state index contributed by atoms with van der Waals surface area (Å²) in [6, 6.07) is 10.3. The van der Waals surface area contributed by atoms with Crippen LogP contribution in [0.3, 0.4) is 0 Å². The van der Waals surface area contributed by atoms with Crippen molar-refractivity contribution in [2.75, 3.05) is 5.32 Å². The number of primary amides is 1. The number of alkyl carbamates (subject to hydrolysis) is 1. The summed E-state index contributed by atoms with van der Waals surface area (Å²) in [5.74, 6) is -3.26. The number of nitrogens with one attached hydrogen (secondary N) is 2. The van der Waals surface area contributed by atoms with Crippen LogP contribution >= 0.6 is 0 Å². The zero-order chi connectivity index (χ0) is 20.5. The lowest BCUT2D eigenvalue weighted by Gasteiger charge is -2.18. The SMILES string of the molecule is NC(=O)CC[C@H](NC(=O)OCc1ccccc1)C(=O)Nc1ccc(F)cc1F. The molecule has 7 nitrogen and oxygen atoms in total. The molecule has 28 heavy (non-hydrogen) atoms. The summed E-state index contributed by atoms with van der Waals surface area (Å²) < 4.78 is 31.7. The molecule has 0 spiro atoms. The minimum atomic E-state index is -1.21. The van der Waals surface area contributed by atoms with E-state index in [4.69, 9.17) is 10.5 Å². The van der Waals surface area contributed by atoms with Crippen molar-refractivity contribution in [2.24, 2.45) is 5.73 Å². The average molecular weight is 391 g/mol. The lowest BCUT2D eigenvalue weighted by Crippen LogP contribution is -2.44. The quantitative estimate of drug-likeness (QED) is 0.642. The zero-order valence-corrected chi connectivity index (χ0v) is 14.8. The molecule has 0 unspecified atom stereocenters. The Morgan fingerprint density at radius 3 is 2.43 bits per heavy atom. The number of carbonyl (C=O) groups is 3. The molecule has 0 bridgehead atoms. The molecular formula is C19H19F2N3O4. The summed E-state index contributed by atoms with van der Waals surface area (Å²) in [4.78, 5) is 35.4. The number of ether oxygens (including phenoxy) is 1. The van der Waals surface area contributed by atoms with Crippen molar-refractivity contribution in [1.29, 1.82) is 0 Å². The molecule has 0 heterocycles. The Bertz CT molecular complexity index is 846. The number of anilines is 1. The van der Waals surface area contributed by atoms with Gasteiger partial charge in [-0.25, -0.2) is 13.6 Å². The molecule has 0 saturated carbocycles. The maximum Gasteiger partial charge on any atom is 0.408 e. The molecule has 0 saturated heterocycles. The van der Waals surface area contributed by atoms with Crippen LogP contribution in [0.4, 0.5) is 19.3 Å². The molecule has 0 radical (unpaired) electrons. The fourth-order valence-electron chi connectivity index (χ4n) is 2.27. The highest BCUT2D eigenvalue weighted by Crippen LogP contribution is 2.15. The molecule has 148 valence electrons. The largest absolute Gasteiger partial charge is 0.445 e. The van der Waals surface area contributed by atoms with Gasteiger partial charge in [-0.05, 0) is 24.1 Å². The van der Waals surface area contributed by atoms with Crippen molar-refractivity contribution < 1.29 is 27.9 Å². The molecule has 1 atom stereocenters. The first-order valence-electron chi connectivity index (χ1n) is 8.36. The third-order valence-corrected chi connectivity index (χ3v) is 3.69. The van der Waals surface area contributed by atoms with E-state index in [1.54, 1.807) is 24.3 Å². The molecule has 3 amide bonds. The molecule has 0 aliphatic heterocycles. The van der Waals surface area contributed by atoms with E-state index in [-0.39, 0.29) is 25.1 Å². The number of halogens is 2. The first-order chi connectivity index (χ1) is 13.3. The number of amides is 3. The number of rotatable bonds is 8. The van der Waals surface area contributed by atoms with Gasteiger partial charge < -0.3 is 21.1 Å². The van der Waals surface area contributed by atoms with Crippen molar-refractivity contribution in [2.45, 2.75) is 25.5 Å². The molecule has 9 heteroatoms. The van der Waals surface area contributed by atoms with E-state index in [1.807, 2.05) is 6.07 Å². The lowest BCUT2D eigenvalue weighted by molar-refractivity contribution is -0.119. The predicted octanol–water partition coefficient (Wildman–Crippen LogP) is 2.46. The van der Waals surface area contributed by atoms with Crippen molar-refractivity contribution >= 4 is 23.6 Å². The van der Waals surface area contributed by atoms with Gasteiger partial charge in [-0.15, -0.1) is 0 Å². The molecule has 2 aromatic carbocycles. The monoisotopic (exact) mass is 391 g/mol. The fraction of sp³-hybridized carbons (Fsp3) is 0.211. The molecule has 0 aliphatic rings. The van der Waals surface area contributed by atoms with Crippen molar-refractivity contribution in [3.63, 3.8) is 0 Å². The van der Waals surface area contributed by atoms with Gasteiger partial charge in [0.25, 0.3) is 0 Å². The molecule has 2 aromatic rings. The standard InChI is InChI=1S/C19H19F2N3O4/c20-13-6-7-15(14(21)10-13)23-18(26)16(8-9-17(22)25)24-19(27)28-11-12-4-2-1-3-5-12/h1-7,10,16H,8-9,11H2,(H2,22,25)(H,23,26)(H,24,27)/t16-/m0/s1. The second-order valence-electron chi connectivity index (χ2n) is 5.88. The second-order valence-corrected chi connectivity index (χ2v) is 5.88. The molecule has 0 aromatic heterocycles. The third kappa shape index (κ3) is 6.67. The number of benzene rings is 2. The normalized spacial score (nSPS) is 11.4. The predicted molar refractivity (Wildman–Crippen MR) is 97.0 cm³/mol. The summed E-state index contributed by atoms with van der Waals surface area (Å²) >= 11 is 0. The molecule has 0 aliphatic carbocycles. The third-order valence-electron chi connectivity index (χ3n) is 3.69. The summed E-state index contributed by atoms with van der Waals surface area (Å²) in [6.07, 6.45) is -1.21. The zero-order valence-electron chi connectivity index (χ0n) is 14.8. The highest BCUT2D eigenvalue weighted by atomic mass is 19.1. The topological polar surface area (TPSA) is 111 Å². The lowest BCUT2D eigenvalue weighted by atomic mass is 10.1. The van der Waals surface area contributed by atoms with Crippen LogP contribution in [-0.4, -0.2) is 23.9 Å². The van der Waals surface area contributed by atoms with Gasteiger partial charge in [0.15, 0.2) is 0 Å². The summed E-state index contributed by atoms with van der Waals surface area (Å²) in [5, 5.41) is 4.55. The molecule has 4 N–H and O–H groups in total. The van der Waals surface area contributed by atoms with Gasteiger partial charge in [0.1, 0.15) is 24.3 Å². The highest BCUT2D eigenvalue weighted by Gasteiger charge is 2.23. The maximum atomic E-state index is 13.7. The van der Waals surface area contributed by atoms with E-state index < -0.39 is 35.6 Å². The van der Waals surface area contributed by atoms with Gasteiger partial charge in [-0.2, -0.15) is 0 Å². The van der Waals surface area contributed by atoms with Crippen LogP contribution in [-0.2, 0) is 20.9 Å². The van der Waals surface area contributed by atoms with Crippen LogP contribution in [0.2, 0.25) is 0 Å². The molecular weight excluding hydrogens is 372 g/mol. The number of hydrogen-bond donors (Lipinski definition) is 3. The first kappa shape index (κ1) is 20.8. The Balaban J connectivity index is 2.00. The van der Waals surface area contributed by atoms with Crippen LogP contribution in [0.1, 0.15) is 18.4 Å². The Labute approximate surface area is 159 Å². The summed E-state index contributed by atoms with van der Waals surface area (Å²) in [5.41, 5.74) is 5.55. The Morgan fingerprint density at radius 2 is 1.79 bits per heavy atom. The van der Waals surface area contributed by atoms with Crippen LogP contribution in [0.5, 0.6) is 0 Å². The molecule has 0 fully saturated rings. The smallest absolute Gasteiger partial charge is 0.408 e. The highest BCUT2D eigenvalue weighted by molar-refractivity contribution is 5.96. The number of carbonyl (C=O) groups excluding carboxylic acids is 3. The van der Waals surface area contributed by atoms with Crippen LogP contribution in [0, 0.1) is 11.6 Å². The van der Waals surface area contributed by atoms with Gasteiger partial charge in [-0.1, -0.05) is 30.3 Å². The second kappa shape index (κ2) is 10.0. The van der Waals surface area contributed by atoms with E-state index in [9.17, 15) is 23.2 Å². The van der Waals surface area contributed by atoms with Crippen LogP contribution < -0.4 is 16.4 Å². The van der Waals surface area contributed by atoms with Gasteiger partial charge in [-0.3, -0.25) is 9.59 Å². The van der Waals surface area contributed by atoms with E-state index in [1.165, 1.54) is 0 Å². The van der Waals surface area contributed by atoms with E-state index in [0.717, 1.165) is 17.7 Å². The van der Waals surface area contributed by atoms with Crippen LogP contribution in [0.15, 0.2) is 48.5 Å². The van der Waals surface area contributed by atoms with Crippen molar-refractivity contribution in [3.8, 4) is 0 Å². The van der Waals surface area contributed by atoms with Crippen molar-refractivity contribution in [3.05, 3.63) is 65.7 Å². The Morgan fingerprint density at radius 1 is 1.07 bits per heavy atom. The minimum Gasteiger partial charge on any atom is -0.445 e. The van der Waals surface area contributed by atoms with Crippen LogP contribution in [0.25, 0.3) is 0 Å².